The van der Waals surface area contributed by atoms with Gasteiger partial charge in [0.25, 0.3) is 0 Å². The van der Waals surface area contributed by atoms with Crippen molar-refractivity contribution in [3.05, 3.63) is 0 Å². The number of carbonyl (C=O) groups is 1. The summed E-state index contributed by atoms with van der Waals surface area (Å²) in [6, 6.07) is 0.602. The second kappa shape index (κ2) is 7.96. The predicted molar refractivity (Wildman–Crippen MR) is 83.7 cm³/mol. The van der Waals surface area contributed by atoms with E-state index in [1.807, 2.05) is 20.8 Å². The summed E-state index contributed by atoms with van der Waals surface area (Å²) in [4.78, 5) is 16.7. The average molecular weight is 284 g/mol. The molecule has 1 fully saturated rings. The van der Waals surface area contributed by atoms with Crippen LogP contribution in [0, 0.1) is 0 Å². The lowest BCUT2D eigenvalue weighted by atomic mass is 10.1. The number of amides is 1. The number of rotatable bonds is 6. The summed E-state index contributed by atoms with van der Waals surface area (Å²) in [6.45, 7) is 13.6. The molecule has 5 nitrogen and oxygen atoms in total. The molecule has 0 aromatic rings. The zero-order chi connectivity index (χ0) is 15.2. The van der Waals surface area contributed by atoms with Gasteiger partial charge in [-0.1, -0.05) is 6.92 Å². The molecule has 0 aliphatic carbocycles. The SMILES string of the molecule is CCC(CCN)N1CCN(CC(=O)NC(C)(C)C)CC1. The Morgan fingerprint density at radius 1 is 1.25 bits per heavy atom. The zero-order valence-electron chi connectivity index (χ0n) is 13.6. The standard InChI is InChI=1S/C15H32N4O/c1-5-13(6-7-16)19-10-8-18(9-11-19)12-14(20)17-15(2,3)4/h13H,5-12,16H2,1-4H3,(H,17,20). The molecule has 0 radical (unpaired) electrons. The van der Waals surface area contributed by atoms with Crippen molar-refractivity contribution in [2.75, 3.05) is 39.3 Å². The van der Waals surface area contributed by atoms with Crippen LogP contribution in [0.2, 0.25) is 0 Å². The second-order valence-electron chi connectivity index (χ2n) is 6.75. The van der Waals surface area contributed by atoms with Crippen LogP contribution >= 0.6 is 0 Å². The summed E-state index contributed by atoms with van der Waals surface area (Å²) >= 11 is 0. The van der Waals surface area contributed by atoms with E-state index in [2.05, 4.69) is 22.0 Å². The number of carbonyl (C=O) groups excluding carboxylic acids is 1. The third-order valence-corrected chi connectivity index (χ3v) is 3.78. The second-order valence-corrected chi connectivity index (χ2v) is 6.75. The molecular weight excluding hydrogens is 252 g/mol. The quantitative estimate of drug-likeness (QED) is 0.752. The van der Waals surface area contributed by atoms with E-state index in [1.165, 1.54) is 0 Å². The van der Waals surface area contributed by atoms with Crippen molar-refractivity contribution in [3.8, 4) is 0 Å². The van der Waals surface area contributed by atoms with Gasteiger partial charge in [0.15, 0.2) is 0 Å². The molecule has 20 heavy (non-hydrogen) atoms. The molecule has 118 valence electrons. The molecule has 1 rings (SSSR count). The average Bonchev–Trinajstić information content (AvgIpc) is 2.34. The van der Waals surface area contributed by atoms with Crippen molar-refractivity contribution < 1.29 is 4.79 Å². The molecule has 1 heterocycles. The molecule has 1 saturated heterocycles. The number of nitrogens with zero attached hydrogens (tertiary/aromatic N) is 2. The van der Waals surface area contributed by atoms with Crippen LogP contribution in [0.5, 0.6) is 0 Å². The zero-order valence-corrected chi connectivity index (χ0v) is 13.6. The van der Waals surface area contributed by atoms with Gasteiger partial charge in [-0.25, -0.2) is 0 Å². The molecule has 1 atom stereocenters. The Morgan fingerprint density at radius 2 is 1.85 bits per heavy atom. The molecule has 1 aliphatic rings. The first-order valence-electron chi connectivity index (χ1n) is 7.83. The molecule has 0 aromatic heterocycles. The number of nitrogens with one attached hydrogen (secondary N) is 1. The Bertz CT molecular complexity index is 293. The van der Waals surface area contributed by atoms with E-state index in [-0.39, 0.29) is 11.4 Å². The minimum absolute atomic E-state index is 0.125. The smallest absolute Gasteiger partial charge is 0.234 e. The van der Waals surface area contributed by atoms with Gasteiger partial charge in [-0.3, -0.25) is 14.6 Å². The van der Waals surface area contributed by atoms with Gasteiger partial charge < -0.3 is 11.1 Å². The maximum absolute atomic E-state index is 11.9. The molecule has 1 amide bonds. The highest BCUT2D eigenvalue weighted by Crippen LogP contribution is 2.12. The highest BCUT2D eigenvalue weighted by molar-refractivity contribution is 5.78. The Balaban J connectivity index is 2.33. The van der Waals surface area contributed by atoms with Crippen LogP contribution < -0.4 is 11.1 Å². The van der Waals surface area contributed by atoms with Crippen molar-refractivity contribution in [1.29, 1.82) is 0 Å². The van der Waals surface area contributed by atoms with Gasteiger partial charge in [0.2, 0.25) is 5.91 Å². The monoisotopic (exact) mass is 284 g/mol. The lowest BCUT2D eigenvalue weighted by Gasteiger charge is -2.39. The van der Waals surface area contributed by atoms with E-state index in [4.69, 9.17) is 5.73 Å². The van der Waals surface area contributed by atoms with Crippen molar-refractivity contribution in [2.45, 2.75) is 52.1 Å². The number of piperazine rings is 1. The summed E-state index contributed by atoms with van der Waals surface area (Å²) in [5, 5.41) is 3.02. The van der Waals surface area contributed by atoms with E-state index in [0.29, 0.717) is 12.6 Å². The number of nitrogens with two attached hydrogens (primary N) is 1. The minimum atomic E-state index is -0.145. The summed E-state index contributed by atoms with van der Waals surface area (Å²) in [6.07, 6.45) is 2.22. The number of hydrogen-bond acceptors (Lipinski definition) is 4. The van der Waals surface area contributed by atoms with Crippen LogP contribution in [-0.2, 0) is 4.79 Å². The van der Waals surface area contributed by atoms with Crippen LogP contribution in [0.25, 0.3) is 0 Å². The first-order valence-corrected chi connectivity index (χ1v) is 7.83. The van der Waals surface area contributed by atoms with Gasteiger partial charge in [-0.2, -0.15) is 0 Å². The molecule has 0 aromatic carbocycles. The molecular formula is C15H32N4O. The molecule has 0 spiro atoms. The van der Waals surface area contributed by atoms with E-state index < -0.39 is 0 Å². The van der Waals surface area contributed by atoms with Crippen molar-refractivity contribution in [2.24, 2.45) is 5.73 Å². The van der Waals surface area contributed by atoms with Gasteiger partial charge in [-0.05, 0) is 40.2 Å². The van der Waals surface area contributed by atoms with Gasteiger partial charge >= 0.3 is 0 Å². The van der Waals surface area contributed by atoms with Gasteiger partial charge in [0.1, 0.15) is 0 Å². The highest BCUT2D eigenvalue weighted by atomic mass is 16.2. The van der Waals surface area contributed by atoms with Crippen molar-refractivity contribution in [3.63, 3.8) is 0 Å². The first kappa shape index (κ1) is 17.4. The van der Waals surface area contributed by atoms with E-state index in [1.54, 1.807) is 0 Å². The molecule has 1 aliphatic heterocycles. The van der Waals surface area contributed by atoms with E-state index in [9.17, 15) is 4.79 Å². The minimum Gasteiger partial charge on any atom is -0.350 e. The van der Waals surface area contributed by atoms with Crippen molar-refractivity contribution in [1.82, 2.24) is 15.1 Å². The summed E-state index contributed by atoms with van der Waals surface area (Å²) in [5.41, 5.74) is 5.53. The third-order valence-electron chi connectivity index (χ3n) is 3.78. The first-order chi connectivity index (χ1) is 9.35. The fourth-order valence-corrected chi connectivity index (χ4v) is 2.78. The Kier molecular flexibility index (Phi) is 6.92. The van der Waals surface area contributed by atoms with Crippen LogP contribution in [0.1, 0.15) is 40.5 Å². The Morgan fingerprint density at radius 3 is 2.30 bits per heavy atom. The number of hydrogen-bond donors (Lipinski definition) is 2. The summed E-state index contributed by atoms with van der Waals surface area (Å²) < 4.78 is 0. The molecule has 0 bridgehead atoms. The summed E-state index contributed by atoms with van der Waals surface area (Å²) in [7, 11) is 0. The Labute approximate surface area is 123 Å². The topological polar surface area (TPSA) is 61.6 Å². The van der Waals surface area contributed by atoms with Crippen LogP contribution in [-0.4, -0.2) is 66.6 Å². The predicted octanol–water partition coefficient (Wildman–Crippen LogP) is 0.646. The van der Waals surface area contributed by atoms with Gasteiger partial charge in [0.05, 0.1) is 6.54 Å². The van der Waals surface area contributed by atoms with Gasteiger partial charge in [-0.15, -0.1) is 0 Å². The lowest BCUT2D eigenvalue weighted by molar-refractivity contribution is -0.124. The van der Waals surface area contributed by atoms with E-state index >= 15 is 0 Å². The lowest BCUT2D eigenvalue weighted by Crippen LogP contribution is -2.53. The Hall–Kier alpha value is -0.650. The third kappa shape index (κ3) is 6.20. The van der Waals surface area contributed by atoms with E-state index in [0.717, 1.165) is 45.6 Å². The van der Waals surface area contributed by atoms with Crippen molar-refractivity contribution >= 4 is 5.91 Å². The fraction of sp³-hybridized carbons (Fsp3) is 0.933. The molecule has 0 saturated carbocycles. The normalized spacial score (nSPS) is 19.9. The van der Waals surface area contributed by atoms with Crippen LogP contribution in [0.15, 0.2) is 0 Å². The maximum atomic E-state index is 11.9. The molecule has 5 heteroatoms. The maximum Gasteiger partial charge on any atom is 0.234 e. The fourth-order valence-electron chi connectivity index (χ4n) is 2.78. The van der Waals surface area contributed by atoms with Crippen LogP contribution in [0.4, 0.5) is 0 Å². The highest BCUT2D eigenvalue weighted by Gasteiger charge is 2.24. The molecule has 3 N–H and O–H groups in total. The van der Waals surface area contributed by atoms with Crippen LogP contribution in [0.3, 0.4) is 0 Å². The summed E-state index contributed by atoms with van der Waals surface area (Å²) in [5.74, 6) is 0.125. The van der Waals surface area contributed by atoms with Gasteiger partial charge in [0, 0.05) is 37.8 Å². The molecule has 1 unspecified atom stereocenters. The largest absolute Gasteiger partial charge is 0.350 e.